The molecule has 0 fully saturated rings. The van der Waals surface area contributed by atoms with Gasteiger partial charge in [-0.2, -0.15) is 0 Å². The lowest BCUT2D eigenvalue weighted by Gasteiger charge is -2.13. The molecule has 3 heterocycles. The monoisotopic (exact) mass is 628 g/mol. The third-order valence-electron chi connectivity index (χ3n) is 9.48. The van der Waals surface area contributed by atoms with Gasteiger partial charge in [0.25, 0.3) is 0 Å². The number of hydrogen-bond acceptors (Lipinski definition) is 5. The van der Waals surface area contributed by atoms with Crippen molar-refractivity contribution >= 4 is 55.0 Å². The Morgan fingerprint density at radius 2 is 1.12 bits per heavy atom. The molecular formula is C44H28N4O. The van der Waals surface area contributed by atoms with Gasteiger partial charge < -0.3 is 9.73 Å². The molecule has 0 bridgehead atoms. The van der Waals surface area contributed by atoms with Crippen LogP contribution in [0.25, 0.3) is 94.7 Å². The van der Waals surface area contributed by atoms with Crippen LogP contribution in [0.15, 0.2) is 150 Å². The Bertz CT molecular complexity index is 2700. The van der Waals surface area contributed by atoms with Crippen molar-refractivity contribution in [3.8, 4) is 45.3 Å². The lowest BCUT2D eigenvalue weighted by atomic mass is 9.93. The first-order valence-electron chi connectivity index (χ1n) is 16.5. The van der Waals surface area contributed by atoms with Crippen LogP contribution in [0.1, 0.15) is 5.76 Å². The predicted octanol–water partition coefficient (Wildman–Crippen LogP) is 11.2. The normalized spacial score (nSPS) is 12.5. The Morgan fingerprint density at radius 1 is 0.490 bits per heavy atom. The van der Waals surface area contributed by atoms with Crippen LogP contribution in [0.4, 0.5) is 5.69 Å². The molecule has 10 rings (SSSR count). The summed E-state index contributed by atoms with van der Waals surface area (Å²) < 4.78 is 6.54. The first-order valence-corrected chi connectivity index (χ1v) is 16.5. The minimum Gasteiger partial charge on any atom is -0.454 e. The fraction of sp³-hybridized carbons (Fsp3) is 0.0227. The Labute approximate surface area is 282 Å². The number of benzene rings is 7. The zero-order chi connectivity index (χ0) is 32.3. The van der Waals surface area contributed by atoms with Gasteiger partial charge in [0.1, 0.15) is 5.58 Å². The second-order valence-electron chi connectivity index (χ2n) is 12.4. The van der Waals surface area contributed by atoms with E-state index in [0.717, 1.165) is 56.8 Å². The first-order chi connectivity index (χ1) is 24.3. The van der Waals surface area contributed by atoms with E-state index in [1.54, 1.807) is 0 Å². The molecule has 0 aliphatic carbocycles. The average molecular weight is 629 g/mol. The molecule has 1 aliphatic heterocycles. The van der Waals surface area contributed by atoms with Crippen LogP contribution < -0.4 is 5.32 Å². The zero-order valence-electron chi connectivity index (χ0n) is 26.4. The van der Waals surface area contributed by atoms with Crippen LogP contribution >= 0.6 is 0 Å². The third-order valence-corrected chi connectivity index (χ3v) is 9.48. The van der Waals surface area contributed by atoms with Crippen molar-refractivity contribution < 1.29 is 4.42 Å². The SMILES string of the molecule is C1=Cc2oc3cc(-c4ccc5ccc6ccc7ccccc7c6c5c4)cc(-c4nc(-c5ccccc5)nc(-c5ccccc5)n4)c3c2NC1. The average Bonchev–Trinajstić information content (AvgIpc) is 3.56. The van der Waals surface area contributed by atoms with Gasteiger partial charge in [-0.1, -0.05) is 127 Å². The standard InChI is InChI=1S/C44H28N4O/c1-3-11-30(12-4-1)42-46-43(31-13-5-2-6-14-31)48-44(47-42)36-25-33(26-38-40(36)41-37(49-38)16-9-23-45-41)32-22-19-28-18-21-29-20-17-27-10-7-8-15-34(27)39(29)35(28)24-32/h1-22,24-26,45H,23H2. The molecule has 1 aliphatic rings. The quantitative estimate of drug-likeness (QED) is 0.197. The van der Waals surface area contributed by atoms with Crippen molar-refractivity contribution in [3.05, 3.63) is 151 Å². The molecule has 5 nitrogen and oxygen atoms in total. The van der Waals surface area contributed by atoms with E-state index >= 15 is 0 Å². The predicted molar refractivity (Wildman–Crippen MR) is 201 cm³/mol. The summed E-state index contributed by atoms with van der Waals surface area (Å²) in [5, 5.41) is 11.9. The maximum Gasteiger partial charge on any atom is 0.164 e. The van der Waals surface area contributed by atoms with Gasteiger partial charge >= 0.3 is 0 Å². The van der Waals surface area contributed by atoms with Gasteiger partial charge in [-0.25, -0.2) is 15.0 Å². The van der Waals surface area contributed by atoms with Crippen LogP contribution in [-0.2, 0) is 0 Å². The van der Waals surface area contributed by atoms with Gasteiger partial charge in [0.15, 0.2) is 23.2 Å². The highest BCUT2D eigenvalue weighted by molar-refractivity contribution is 6.21. The Kier molecular flexibility index (Phi) is 6.18. The van der Waals surface area contributed by atoms with E-state index in [2.05, 4.69) is 90.3 Å². The van der Waals surface area contributed by atoms with Gasteiger partial charge in [0.2, 0.25) is 0 Å². The van der Waals surface area contributed by atoms with E-state index in [1.165, 1.54) is 32.3 Å². The lowest BCUT2D eigenvalue weighted by Crippen LogP contribution is -2.04. The maximum atomic E-state index is 6.54. The molecule has 0 atom stereocenters. The smallest absolute Gasteiger partial charge is 0.164 e. The third kappa shape index (κ3) is 4.59. The van der Waals surface area contributed by atoms with Crippen molar-refractivity contribution in [2.75, 3.05) is 11.9 Å². The topological polar surface area (TPSA) is 63.8 Å². The molecule has 0 spiro atoms. The Hall–Kier alpha value is -6.59. The summed E-state index contributed by atoms with van der Waals surface area (Å²) >= 11 is 0. The molecule has 7 aromatic carbocycles. The minimum absolute atomic E-state index is 0.594. The largest absolute Gasteiger partial charge is 0.454 e. The highest BCUT2D eigenvalue weighted by atomic mass is 16.3. The molecule has 0 amide bonds. The first kappa shape index (κ1) is 27.5. The number of hydrogen-bond donors (Lipinski definition) is 1. The molecule has 0 saturated carbocycles. The van der Waals surface area contributed by atoms with Crippen LogP contribution in [0.2, 0.25) is 0 Å². The number of aromatic nitrogens is 3. The number of nitrogens with zero attached hydrogens (tertiary/aromatic N) is 3. The maximum absolute atomic E-state index is 6.54. The van der Waals surface area contributed by atoms with Crippen molar-refractivity contribution in [1.82, 2.24) is 15.0 Å². The number of fused-ring (bicyclic) bond motifs is 8. The molecule has 0 saturated heterocycles. The summed E-state index contributed by atoms with van der Waals surface area (Å²) in [7, 11) is 0. The van der Waals surface area contributed by atoms with Gasteiger partial charge in [0.05, 0.1) is 11.1 Å². The van der Waals surface area contributed by atoms with Gasteiger partial charge in [0, 0.05) is 23.2 Å². The molecule has 1 N–H and O–H groups in total. The Morgan fingerprint density at radius 3 is 1.88 bits per heavy atom. The van der Waals surface area contributed by atoms with Crippen molar-refractivity contribution in [3.63, 3.8) is 0 Å². The highest BCUT2D eigenvalue weighted by Gasteiger charge is 2.23. The van der Waals surface area contributed by atoms with E-state index in [0.29, 0.717) is 17.5 Å². The molecule has 49 heavy (non-hydrogen) atoms. The van der Waals surface area contributed by atoms with Gasteiger partial charge in [-0.05, 0) is 67.7 Å². The molecule has 230 valence electrons. The number of anilines is 1. The lowest BCUT2D eigenvalue weighted by molar-refractivity contribution is 0.604. The minimum atomic E-state index is 0.594. The number of furan rings is 1. The molecule has 2 aromatic heterocycles. The second-order valence-corrected chi connectivity index (χ2v) is 12.4. The summed E-state index contributed by atoms with van der Waals surface area (Å²) in [6.07, 6.45) is 4.12. The second kappa shape index (κ2) is 11.0. The van der Waals surface area contributed by atoms with E-state index < -0.39 is 0 Å². The van der Waals surface area contributed by atoms with Crippen LogP contribution in [0.3, 0.4) is 0 Å². The van der Waals surface area contributed by atoms with E-state index in [-0.39, 0.29) is 0 Å². The van der Waals surface area contributed by atoms with E-state index in [1.807, 2.05) is 66.7 Å². The summed E-state index contributed by atoms with van der Waals surface area (Å²) in [4.78, 5) is 15.2. The summed E-state index contributed by atoms with van der Waals surface area (Å²) in [6.45, 7) is 0.719. The van der Waals surface area contributed by atoms with E-state index in [9.17, 15) is 0 Å². The molecular weight excluding hydrogens is 601 g/mol. The van der Waals surface area contributed by atoms with E-state index in [4.69, 9.17) is 19.4 Å². The van der Waals surface area contributed by atoms with Crippen LogP contribution in [-0.4, -0.2) is 21.5 Å². The zero-order valence-corrected chi connectivity index (χ0v) is 26.4. The van der Waals surface area contributed by atoms with Crippen molar-refractivity contribution in [2.45, 2.75) is 0 Å². The van der Waals surface area contributed by atoms with Crippen molar-refractivity contribution in [1.29, 1.82) is 0 Å². The Balaban J connectivity index is 1.25. The number of nitrogens with one attached hydrogen (secondary N) is 1. The molecule has 5 heteroatoms. The summed E-state index contributed by atoms with van der Waals surface area (Å²) in [6, 6.07) is 48.8. The summed E-state index contributed by atoms with van der Waals surface area (Å²) in [5.41, 5.74) is 6.61. The van der Waals surface area contributed by atoms with Gasteiger partial charge in [-0.3, -0.25) is 0 Å². The molecule has 0 radical (unpaired) electrons. The molecule has 0 unspecified atom stereocenters. The highest BCUT2D eigenvalue weighted by Crippen LogP contribution is 2.43. The van der Waals surface area contributed by atoms with Gasteiger partial charge in [-0.15, -0.1) is 0 Å². The fourth-order valence-electron chi connectivity index (χ4n) is 7.14. The van der Waals surface area contributed by atoms with Crippen LogP contribution in [0.5, 0.6) is 0 Å². The fourth-order valence-corrected chi connectivity index (χ4v) is 7.14. The van der Waals surface area contributed by atoms with Crippen LogP contribution in [0, 0.1) is 0 Å². The van der Waals surface area contributed by atoms with Crippen molar-refractivity contribution in [2.24, 2.45) is 0 Å². The number of rotatable bonds is 4. The summed E-state index contributed by atoms with van der Waals surface area (Å²) in [5.74, 6) is 2.64. The molecule has 9 aromatic rings.